The zero-order chi connectivity index (χ0) is 15.0. The standard InChI is InChI=1S/C19H29BrS/c1-2-3-7-17-10-12-19(16-20,13-11-17)14-15-21-18-8-5-4-6-9-18/h4-6,8-9,17H,2-3,7,10-16H2,1H3. The van der Waals surface area contributed by atoms with Crippen molar-refractivity contribution in [2.24, 2.45) is 11.3 Å². The van der Waals surface area contributed by atoms with E-state index in [1.165, 1.54) is 67.3 Å². The van der Waals surface area contributed by atoms with E-state index >= 15 is 0 Å². The van der Waals surface area contributed by atoms with Gasteiger partial charge in [-0.2, -0.15) is 0 Å². The van der Waals surface area contributed by atoms with Gasteiger partial charge in [0, 0.05) is 10.2 Å². The largest absolute Gasteiger partial charge is 0.126 e. The first-order valence-electron chi connectivity index (χ1n) is 8.52. The van der Waals surface area contributed by atoms with Crippen LogP contribution in [0.25, 0.3) is 0 Å². The number of hydrogen-bond acceptors (Lipinski definition) is 1. The maximum Gasteiger partial charge on any atom is 0.00882 e. The average molecular weight is 369 g/mol. The molecule has 2 rings (SSSR count). The molecule has 0 aromatic heterocycles. The fourth-order valence-electron chi connectivity index (χ4n) is 3.42. The summed E-state index contributed by atoms with van der Waals surface area (Å²) in [6.45, 7) is 2.31. The fraction of sp³-hybridized carbons (Fsp3) is 0.684. The van der Waals surface area contributed by atoms with Gasteiger partial charge in [0.25, 0.3) is 0 Å². The molecule has 0 unspecified atom stereocenters. The van der Waals surface area contributed by atoms with E-state index < -0.39 is 0 Å². The van der Waals surface area contributed by atoms with Crippen molar-refractivity contribution in [2.45, 2.75) is 63.2 Å². The molecule has 0 bridgehead atoms. The zero-order valence-corrected chi connectivity index (χ0v) is 15.7. The topological polar surface area (TPSA) is 0 Å². The summed E-state index contributed by atoms with van der Waals surface area (Å²) in [5, 5.41) is 1.19. The quantitative estimate of drug-likeness (QED) is 0.354. The van der Waals surface area contributed by atoms with Crippen LogP contribution in [0.1, 0.15) is 58.3 Å². The van der Waals surface area contributed by atoms with Gasteiger partial charge in [-0.1, -0.05) is 60.3 Å². The maximum atomic E-state index is 3.82. The summed E-state index contributed by atoms with van der Waals surface area (Å²) in [5.41, 5.74) is 0.574. The van der Waals surface area contributed by atoms with Crippen molar-refractivity contribution in [1.29, 1.82) is 0 Å². The Labute approximate surface area is 143 Å². The molecule has 0 amide bonds. The molecular weight excluding hydrogens is 340 g/mol. The van der Waals surface area contributed by atoms with Crippen LogP contribution in [0.3, 0.4) is 0 Å². The molecule has 1 aromatic carbocycles. The summed E-state index contributed by atoms with van der Waals surface area (Å²) in [7, 11) is 0. The van der Waals surface area contributed by atoms with E-state index in [9.17, 15) is 0 Å². The minimum absolute atomic E-state index is 0.574. The van der Waals surface area contributed by atoms with Gasteiger partial charge in [-0.25, -0.2) is 0 Å². The molecule has 0 radical (unpaired) electrons. The molecule has 0 nitrogen and oxygen atoms in total. The number of alkyl halides is 1. The molecule has 0 heterocycles. The SMILES string of the molecule is CCCCC1CCC(CBr)(CCSc2ccccc2)CC1. The van der Waals surface area contributed by atoms with Crippen molar-refractivity contribution >= 4 is 27.7 Å². The Bertz CT molecular complexity index is 382. The first-order valence-corrected chi connectivity index (χ1v) is 10.6. The highest BCUT2D eigenvalue weighted by Crippen LogP contribution is 2.45. The van der Waals surface area contributed by atoms with Crippen LogP contribution in [0.2, 0.25) is 0 Å². The van der Waals surface area contributed by atoms with E-state index in [2.05, 4.69) is 53.2 Å². The second-order valence-corrected chi connectivity index (χ2v) is 8.36. The first kappa shape index (κ1) is 17.4. The lowest BCUT2D eigenvalue weighted by atomic mass is 9.69. The third kappa shape index (κ3) is 5.63. The number of halogens is 1. The first-order chi connectivity index (χ1) is 10.3. The Morgan fingerprint density at radius 1 is 1.19 bits per heavy atom. The fourth-order valence-corrected chi connectivity index (χ4v) is 5.39. The second kappa shape index (κ2) is 9.25. The molecule has 1 aromatic rings. The highest BCUT2D eigenvalue weighted by molar-refractivity contribution is 9.09. The lowest BCUT2D eigenvalue weighted by Crippen LogP contribution is -2.29. The van der Waals surface area contributed by atoms with Gasteiger partial charge in [0.2, 0.25) is 0 Å². The highest BCUT2D eigenvalue weighted by Gasteiger charge is 2.33. The molecule has 0 saturated heterocycles. The smallest absolute Gasteiger partial charge is 0.00882 e. The van der Waals surface area contributed by atoms with Gasteiger partial charge < -0.3 is 0 Å². The number of unbranched alkanes of at least 4 members (excludes halogenated alkanes) is 1. The minimum Gasteiger partial charge on any atom is -0.126 e. The van der Waals surface area contributed by atoms with Crippen LogP contribution in [0, 0.1) is 11.3 Å². The Balaban J connectivity index is 1.75. The molecule has 118 valence electrons. The van der Waals surface area contributed by atoms with Gasteiger partial charge in [-0.05, 0) is 61.3 Å². The second-order valence-electron chi connectivity index (χ2n) is 6.63. The predicted molar refractivity (Wildman–Crippen MR) is 99.5 cm³/mol. The molecular formula is C19H29BrS. The van der Waals surface area contributed by atoms with Crippen molar-refractivity contribution in [3.63, 3.8) is 0 Å². The summed E-state index contributed by atoms with van der Waals surface area (Å²) in [4.78, 5) is 1.42. The summed E-state index contributed by atoms with van der Waals surface area (Å²) in [6, 6.07) is 10.8. The van der Waals surface area contributed by atoms with E-state index in [1.54, 1.807) is 0 Å². The van der Waals surface area contributed by atoms with Gasteiger partial charge in [0.15, 0.2) is 0 Å². The summed E-state index contributed by atoms with van der Waals surface area (Å²) >= 11 is 5.84. The minimum atomic E-state index is 0.574. The maximum absolute atomic E-state index is 3.82. The van der Waals surface area contributed by atoms with E-state index in [0.29, 0.717) is 5.41 Å². The third-order valence-corrected chi connectivity index (χ3v) is 7.26. The monoisotopic (exact) mass is 368 g/mol. The van der Waals surface area contributed by atoms with E-state index in [1.807, 2.05) is 11.8 Å². The Morgan fingerprint density at radius 2 is 1.90 bits per heavy atom. The van der Waals surface area contributed by atoms with Crippen molar-refractivity contribution in [3.05, 3.63) is 30.3 Å². The molecule has 0 N–H and O–H groups in total. The van der Waals surface area contributed by atoms with Crippen LogP contribution in [0.5, 0.6) is 0 Å². The third-order valence-electron chi connectivity index (χ3n) is 5.06. The van der Waals surface area contributed by atoms with Crippen LogP contribution in [-0.4, -0.2) is 11.1 Å². The number of thioether (sulfide) groups is 1. The van der Waals surface area contributed by atoms with Gasteiger partial charge in [-0.15, -0.1) is 11.8 Å². The van der Waals surface area contributed by atoms with Crippen LogP contribution in [-0.2, 0) is 0 Å². The Kier molecular flexibility index (Phi) is 7.66. The number of hydrogen-bond donors (Lipinski definition) is 0. The van der Waals surface area contributed by atoms with Gasteiger partial charge in [0.05, 0.1) is 0 Å². The Morgan fingerprint density at radius 3 is 2.52 bits per heavy atom. The summed E-state index contributed by atoms with van der Waals surface area (Å²) < 4.78 is 0. The van der Waals surface area contributed by atoms with E-state index in [-0.39, 0.29) is 0 Å². The summed E-state index contributed by atoms with van der Waals surface area (Å²) in [6.07, 6.45) is 11.4. The van der Waals surface area contributed by atoms with Crippen LogP contribution >= 0.6 is 27.7 Å². The van der Waals surface area contributed by atoms with Crippen LogP contribution in [0.4, 0.5) is 0 Å². The average Bonchev–Trinajstić information content (AvgIpc) is 2.55. The van der Waals surface area contributed by atoms with Crippen LogP contribution in [0.15, 0.2) is 35.2 Å². The van der Waals surface area contributed by atoms with Crippen molar-refractivity contribution in [2.75, 3.05) is 11.1 Å². The molecule has 0 atom stereocenters. The predicted octanol–water partition coefficient (Wildman–Crippen LogP) is 6.93. The molecule has 1 aliphatic rings. The van der Waals surface area contributed by atoms with E-state index in [0.717, 1.165) is 5.92 Å². The molecule has 1 fully saturated rings. The Hall–Kier alpha value is 0.0500. The normalized spacial score (nSPS) is 25.9. The highest BCUT2D eigenvalue weighted by atomic mass is 79.9. The molecule has 21 heavy (non-hydrogen) atoms. The van der Waals surface area contributed by atoms with Gasteiger partial charge in [-0.3, -0.25) is 0 Å². The number of benzene rings is 1. The lowest BCUT2D eigenvalue weighted by molar-refractivity contribution is 0.165. The van der Waals surface area contributed by atoms with Crippen LogP contribution < -0.4 is 0 Å². The molecule has 1 saturated carbocycles. The molecule has 0 aliphatic heterocycles. The van der Waals surface area contributed by atoms with Crippen molar-refractivity contribution < 1.29 is 0 Å². The molecule has 1 aliphatic carbocycles. The van der Waals surface area contributed by atoms with E-state index in [4.69, 9.17) is 0 Å². The lowest BCUT2D eigenvalue weighted by Gasteiger charge is -2.39. The summed E-state index contributed by atoms with van der Waals surface area (Å²) in [5.74, 6) is 2.27. The van der Waals surface area contributed by atoms with Gasteiger partial charge >= 0.3 is 0 Å². The zero-order valence-electron chi connectivity index (χ0n) is 13.3. The van der Waals surface area contributed by atoms with Crippen molar-refractivity contribution in [1.82, 2.24) is 0 Å². The molecule has 2 heteroatoms. The van der Waals surface area contributed by atoms with Crippen molar-refractivity contribution in [3.8, 4) is 0 Å². The number of rotatable bonds is 8. The molecule has 0 spiro atoms. The van der Waals surface area contributed by atoms with Gasteiger partial charge in [0.1, 0.15) is 0 Å².